The van der Waals surface area contributed by atoms with E-state index in [1.165, 1.54) is 5.69 Å². The van der Waals surface area contributed by atoms with E-state index in [-0.39, 0.29) is 0 Å². The first-order valence-corrected chi connectivity index (χ1v) is 6.28. The molecule has 0 aliphatic rings. The molecule has 0 aliphatic carbocycles. The smallest absolute Gasteiger partial charge is 0.237 e. The predicted molar refractivity (Wildman–Crippen MR) is 75.3 cm³/mol. The molecule has 0 aliphatic heterocycles. The van der Waals surface area contributed by atoms with Gasteiger partial charge in [-0.1, -0.05) is 18.2 Å². The van der Waals surface area contributed by atoms with Crippen LogP contribution in [-0.4, -0.2) is 25.0 Å². The molecule has 1 unspecified atom stereocenters. The summed E-state index contributed by atoms with van der Waals surface area (Å²) in [4.78, 5) is 13.2. The first-order chi connectivity index (χ1) is 8.43. The molecule has 0 saturated heterocycles. The highest BCUT2D eigenvalue weighted by Crippen LogP contribution is 2.14. The van der Waals surface area contributed by atoms with Crippen molar-refractivity contribution in [2.45, 2.75) is 31.7 Å². The van der Waals surface area contributed by atoms with E-state index in [4.69, 9.17) is 11.5 Å². The van der Waals surface area contributed by atoms with Crippen LogP contribution in [0.3, 0.4) is 0 Å². The molecule has 4 N–H and O–H groups in total. The summed E-state index contributed by atoms with van der Waals surface area (Å²) >= 11 is 0. The van der Waals surface area contributed by atoms with Crippen LogP contribution in [0.15, 0.2) is 30.3 Å². The summed E-state index contributed by atoms with van der Waals surface area (Å²) in [6.45, 7) is 2.63. The van der Waals surface area contributed by atoms with Crippen molar-refractivity contribution in [2.24, 2.45) is 11.5 Å². The monoisotopic (exact) mass is 249 g/mol. The van der Waals surface area contributed by atoms with Crippen LogP contribution in [0.4, 0.5) is 5.69 Å². The summed E-state index contributed by atoms with van der Waals surface area (Å²) in [5.41, 5.74) is 11.3. The fraction of sp³-hybridized carbons (Fsp3) is 0.500. The normalized spacial score (nSPS) is 13.9. The molecule has 1 aromatic rings. The van der Waals surface area contributed by atoms with Crippen molar-refractivity contribution < 1.29 is 4.79 Å². The minimum absolute atomic E-state index is 0.432. The van der Waals surface area contributed by atoms with Crippen LogP contribution in [0.2, 0.25) is 0 Å². The Labute approximate surface area is 109 Å². The van der Waals surface area contributed by atoms with E-state index in [2.05, 4.69) is 24.1 Å². The minimum atomic E-state index is -0.884. The number of rotatable bonds is 7. The van der Waals surface area contributed by atoms with Gasteiger partial charge in [-0.2, -0.15) is 0 Å². The number of hydrogen-bond donors (Lipinski definition) is 2. The van der Waals surface area contributed by atoms with E-state index in [9.17, 15) is 4.79 Å². The van der Waals surface area contributed by atoms with E-state index in [0.717, 1.165) is 19.4 Å². The number of unbranched alkanes of at least 4 members (excludes halogenated alkanes) is 1. The van der Waals surface area contributed by atoms with Gasteiger partial charge in [0.2, 0.25) is 5.91 Å². The molecule has 0 saturated carbocycles. The largest absolute Gasteiger partial charge is 0.375 e. The van der Waals surface area contributed by atoms with Crippen molar-refractivity contribution in [2.75, 3.05) is 18.5 Å². The fourth-order valence-corrected chi connectivity index (χ4v) is 1.78. The van der Waals surface area contributed by atoms with Gasteiger partial charge >= 0.3 is 0 Å². The average molecular weight is 249 g/mol. The molecule has 1 atom stereocenters. The SMILES string of the molecule is CN(CCCCC(C)(N)C(N)=O)c1ccccc1. The third-order valence-corrected chi connectivity index (χ3v) is 3.20. The van der Waals surface area contributed by atoms with Crippen LogP contribution < -0.4 is 16.4 Å². The zero-order chi connectivity index (χ0) is 13.6. The Morgan fingerprint density at radius 2 is 1.89 bits per heavy atom. The van der Waals surface area contributed by atoms with Crippen LogP contribution in [-0.2, 0) is 4.79 Å². The maximum atomic E-state index is 11.1. The Kier molecular flexibility index (Phi) is 5.16. The number of nitrogens with two attached hydrogens (primary N) is 2. The standard InChI is InChI=1S/C14H23N3O/c1-14(16,13(15)18)10-6-7-11-17(2)12-8-4-3-5-9-12/h3-5,8-9H,6-7,10-11,16H2,1-2H3,(H2,15,18). The lowest BCUT2D eigenvalue weighted by Gasteiger charge is -2.22. The lowest BCUT2D eigenvalue weighted by atomic mass is 9.95. The Morgan fingerprint density at radius 1 is 1.28 bits per heavy atom. The highest BCUT2D eigenvalue weighted by Gasteiger charge is 2.24. The maximum Gasteiger partial charge on any atom is 0.237 e. The number of carbonyl (C=O) groups is 1. The van der Waals surface area contributed by atoms with E-state index in [1.807, 2.05) is 18.2 Å². The predicted octanol–water partition coefficient (Wildman–Crippen LogP) is 1.50. The van der Waals surface area contributed by atoms with Crippen molar-refractivity contribution >= 4 is 11.6 Å². The van der Waals surface area contributed by atoms with Crippen molar-refractivity contribution in [1.29, 1.82) is 0 Å². The third-order valence-electron chi connectivity index (χ3n) is 3.20. The summed E-state index contributed by atoms with van der Waals surface area (Å²) in [6, 6.07) is 10.2. The Balaban J connectivity index is 2.29. The Morgan fingerprint density at radius 3 is 2.44 bits per heavy atom. The van der Waals surface area contributed by atoms with Crippen LogP contribution >= 0.6 is 0 Å². The maximum absolute atomic E-state index is 11.1. The second kappa shape index (κ2) is 6.40. The van der Waals surface area contributed by atoms with Gasteiger partial charge in [0.25, 0.3) is 0 Å². The Bertz CT molecular complexity index is 376. The zero-order valence-corrected chi connectivity index (χ0v) is 11.2. The van der Waals surface area contributed by atoms with Gasteiger partial charge < -0.3 is 16.4 Å². The number of nitrogens with zero attached hydrogens (tertiary/aromatic N) is 1. The van der Waals surface area contributed by atoms with Gasteiger partial charge in [-0.25, -0.2) is 0 Å². The zero-order valence-electron chi connectivity index (χ0n) is 11.2. The molecular weight excluding hydrogens is 226 g/mol. The molecule has 0 aromatic heterocycles. The lowest BCUT2D eigenvalue weighted by Crippen LogP contribution is -2.49. The van der Waals surface area contributed by atoms with Gasteiger partial charge in [-0.05, 0) is 38.3 Å². The summed E-state index contributed by atoms with van der Waals surface area (Å²) in [5, 5.41) is 0. The van der Waals surface area contributed by atoms with Crippen molar-refractivity contribution in [3.05, 3.63) is 30.3 Å². The first-order valence-electron chi connectivity index (χ1n) is 6.28. The van der Waals surface area contributed by atoms with E-state index in [1.54, 1.807) is 6.92 Å². The third kappa shape index (κ3) is 4.37. The van der Waals surface area contributed by atoms with Gasteiger partial charge in [0.1, 0.15) is 0 Å². The molecule has 4 nitrogen and oxygen atoms in total. The van der Waals surface area contributed by atoms with Gasteiger partial charge in [0.15, 0.2) is 0 Å². The van der Waals surface area contributed by atoms with Crippen molar-refractivity contribution in [3.63, 3.8) is 0 Å². The molecule has 0 fully saturated rings. The van der Waals surface area contributed by atoms with E-state index in [0.29, 0.717) is 6.42 Å². The number of anilines is 1. The highest BCUT2D eigenvalue weighted by atomic mass is 16.1. The molecule has 0 bridgehead atoms. The first kappa shape index (κ1) is 14.5. The molecule has 1 aromatic carbocycles. The summed E-state index contributed by atoms with van der Waals surface area (Å²) in [7, 11) is 2.06. The fourth-order valence-electron chi connectivity index (χ4n) is 1.78. The molecule has 18 heavy (non-hydrogen) atoms. The van der Waals surface area contributed by atoms with Crippen LogP contribution in [0.1, 0.15) is 26.2 Å². The van der Waals surface area contributed by atoms with Gasteiger partial charge in [-0.15, -0.1) is 0 Å². The summed E-state index contributed by atoms with van der Waals surface area (Å²) in [6.07, 6.45) is 2.52. The molecule has 1 rings (SSSR count). The van der Waals surface area contributed by atoms with Gasteiger partial charge in [0.05, 0.1) is 5.54 Å². The van der Waals surface area contributed by atoms with Crippen molar-refractivity contribution in [3.8, 4) is 0 Å². The number of amides is 1. The average Bonchev–Trinajstić information content (AvgIpc) is 2.35. The topological polar surface area (TPSA) is 72.3 Å². The number of benzene rings is 1. The minimum Gasteiger partial charge on any atom is -0.375 e. The number of hydrogen-bond acceptors (Lipinski definition) is 3. The van der Waals surface area contributed by atoms with E-state index >= 15 is 0 Å². The highest BCUT2D eigenvalue weighted by molar-refractivity contribution is 5.83. The number of para-hydroxylation sites is 1. The number of primary amides is 1. The molecular formula is C14H23N3O. The molecule has 100 valence electrons. The van der Waals surface area contributed by atoms with Crippen LogP contribution in [0.5, 0.6) is 0 Å². The lowest BCUT2D eigenvalue weighted by molar-refractivity contribution is -0.122. The molecule has 0 heterocycles. The summed E-state index contributed by atoms with van der Waals surface area (Å²) in [5.74, 6) is -0.432. The summed E-state index contributed by atoms with van der Waals surface area (Å²) < 4.78 is 0. The van der Waals surface area contributed by atoms with Gasteiger partial charge in [-0.3, -0.25) is 4.79 Å². The molecule has 4 heteroatoms. The Hall–Kier alpha value is -1.55. The van der Waals surface area contributed by atoms with E-state index < -0.39 is 11.4 Å². The van der Waals surface area contributed by atoms with Crippen molar-refractivity contribution in [1.82, 2.24) is 0 Å². The molecule has 0 radical (unpaired) electrons. The molecule has 0 spiro atoms. The van der Waals surface area contributed by atoms with Gasteiger partial charge in [0, 0.05) is 19.3 Å². The second-order valence-electron chi connectivity index (χ2n) is 5.00. The van der Waals surface area contributed by atoms with Crippen LogP contribution in [0.25, 0.3) is 0 Å². The van der Waals surface area contributed by atoms with Crippen LogP contribution in [0, 0.1) is 0 Å². The second-order valence-corrected chi connectivity index (χ2v) is 5.00. The number of carbonyl (C=O) groups excluding carboxylic acids is 1. The quantitative estimate of drug-likeness (QED) is 0.719. The molecule has 1 amide bonds.